The number of alkyl halides is 6. The van der Waals surface area contributed by atoms with E-state index in [-0.39, 0.29) is 35.9 Å². The number of benzene rings is 2. The molecular formula is C29H21F7N4O4. The Labute approximate surface area is 244 Å². The number of Topliss-reactive ketones (excluding diaryl/α,β-unsaturated/α-hetero) is 1. The molecule has 2 heterocycles. The van der Waals surface area contributed by atoms with E-state index in [0.717, 1.165) is 23.2 Å². The fourth-order valence-corrected chi connectivity index (χ4v) is 4.83. The van der Waals surface area contributed by atoms with Crippen LogP contribution >= 0.6 is 0 Å². The predicted molar refractivity (Wildman–Crippen MR) is 139 cm³/mol. The molecule has 2 N–H and O–H groups in total. The van der Waals surface area contributed by atoms with Crippen LogP contribution in [0.15, 0.2) is 60.8 Å². The Kier molecular flexibility index (Phi) is 7.68. The van der Waals surface area contributed by atoms with Crippen molar-refractivity contribution in [3.8, 4) is 0 Å². The third kappa shape index (κ3) is 6.26. The first-order valence-corrected chi connectivity index (χ1v) is 13.0. The largest absolute Gasteiger partial charge is 0.416 e. The number of nitrogens with zero attached hydrogens (tertiary/aromatic N) is 2. The maximum absolute atomic E-state index is 13.8. The molecule has 3 amide bonds. The smallest absolute Gasteiger partial charge is 0.342 e. The first-order chi connectivity index (χ1) is 20.6. The van der Waals surface area contributed by atoms with Gasteiger partial charge in [-0.2, -0.15) is 26.3 Å². The number of carbonyl (C=O) groups is 4. The number of carbonyl (C=O) groups excluding carboxylic acids is 4. The van der Waals surface area contributed by atoms with E-state index in [4.69, 9.17) is 0 Å². The van der Waals surface area contributed by atoms with Crippen LogP contribution in [0.1, 0.15) is 56.8 Å². The number of fused-ring (bicyclic) bond motifs is 1. The number of aromatic nitrogens is 1. The van der Waals surface area contributed by atoms with E-state index >= 15 is 0 Å². The van der Waals surface area contributed by atoms with Crippen molar-refractivity contribution in [2.75, 3.05) is 4.90 Å². The van der Waals surface area contributed by atoms with Crippen molar-refractivity contribution in [2.24, 2.45) is 0 Å². The van der Waals surface area contributed by atoms with Gasteiger partial charge in [-0.05, 0) is 60.9 Å². The molecule has 1 aliphatic heterocycles. The zero-order chi connectivity index (χ0) is 32.0. The molecule has 1 fully saturated rings. The lowest BCUT2D eigenvalue weighted by Crippen LogP contribution is -2.55. The number of hydrogen-bond donors (Lipinski definition) is 2. The molecule has 2 aromatic carbocycles. The molecule has 8 nitrogen and oxygen atoms in total. The van der Waals surface area contributed by atoms with Crippen molar-refractivity contribution in [3.63, 3.8) is 0 Å². The van der Waals surface area contributed by atoms with Gasteiger partial charge in [0.05, 0.1) is 29.6 Å². The van der Waals surface area contributed by atoms with Crippen molar-refractivity contribution >= 4 is 29.2 Å². The molecule has 1 saturated carbocycles. The van der Waals surface area contributed by atoms with Gasteiger partial charge < -0.3 is 15.5 Å². The van der Waals surface area contributed by atoms with Crippen molar-refractivity contribution in [1.29, 1.82) is 0 Å². The average molecular weight is 622 g/mol. The molecular weight excluding hydrogens is 601 g/mol. The van der Waals surface area contributed by atoms with Crippen LogP contribution in [0, 0.1) is 5.82 Å². The molecule has 0 bridgehead atoms. The number of nitrogens with one attached hydrogen (secondary N) is 2. The van der Waals surface area contributed by atoms with Gasteiger partial charge in [0.25, 0.3) is 5.91 Å². The SMILES string of the molecule is O=C(NC1(C(=O)N[C@@H]2CC(=O)c3ccccc3N(Cc3cc(C(F)(F)F)cc(C(F)(F)F)c3)C2=O)CC1)c1ccc(F)cn1. The molecule has 1 aliphatic carbocycles. The van der Waals surface area contributed by atoms with Crippen LogP contribution in [0.2, 0.25) is 0 Å². The van der Waals surface area contributed by atoms with E-state index in [1.165, 1.54) is 24.3 Å². The van der Waals surface area contributed by atoms with Gasteiger partial charge in [0.15, 0.2) is 5.78 Å². The van der Waals surface area contributed by atoms with Gasteiger partial charge in [0, 0.05) is 12.0 Å². The highest BCUT2D eigenvalue weighted by atomic mass is 19.4. The number of rotatable bonds is 6. The third-order valence-corrected chi connectivity index (χ3v) is 7.24. The Morgan fingerprint density at radius 3 is 2.14 bits per heavy atom. The lowest BCUT2D eigenvalue weighted by Gasteiger charge is -2.28. The summed E-state index contributed by atoms with van der Waals surface area (Å²) in [6.07, 6.45) is -9.73. The zero-order valence-corrected chi connectivity index (χ0v) is 22.4. The van der Waals surface area contributed by atoms with E-state index in [1.54, 1.807) is 0 Å². The molecule has 1 atom stereocenters. The van der Waals surface area contributed by atoms with E-state index in [1.807, 2.05) is 0 Å². The molecule has 2 aliphatic rings. The topological polar surface area (TPSA) is 108 Å². The molecule has 3 aromatic rings. The van der Waals surface area contributed by atoms with Crippen LogP contribution in [-0.4, -0.2) is 40.1 Å². The highest BCUT2D eigenvalue weighted by molar-refractivity contribution is 6.13. The van der Waals surface area contributed by atoms with Gasteiger partial charge in [-0.15, -0.1) is 0 Å². The molecule has 1 aromatic heterocycles. The Morgan fingerprint density at radius 2 is 1.57 bits per heavy atom. The average Bonchev–Trinajstić information content (AvgIpc) is 3.75. The maximum Gasteiger partial charge on any atom is 0.416 e. The summed E-state index contributed by atoms with van der Waals surface area (Å²) in [5, 5.41) is 4.91. The van der Waals surface area contributed by atoms with Crippen molar-refractivity contribution < 1.29 is 49.9 Å². The Bertz CT molecular complexity index is 1620. The molecule has 230 valence electrons. The first kappa shape index (κ1) is 30.6. The lowest BCUT2D eigenvalue weighted by molar-refractivity contribution is -0.143. The number of hydrogen-bond acceptors (Lipinski definition) is 5. The second-order valence-electron chi connectivity index (χ2n) is 10.4. The highest BCUT2D eigenvalue weighted by Gasteiger charge is 2.52. The Balaban J connectivity index is 1.44. The van der Waals surface area contributed by atoms with E-state index in [9.17, 15) is 49.9 Å². The van der Waals surface area contributed by atoms with Crippen LogP contribution in [0.4, 0.5) is 36.4 Å². The number of para-hydroxylation sites is 1. The van der Waals surface area contributed by atoms with E-state index in [0.29, 0.717) is 12.1 Å². The molecule has 0 spiro atoms. The van der Waals surface area contributed by atoms with Gasteiger partial charge in [-0.3, -0.25) is 19.2 Å². The third-order valence-electron chi connectivity index (χ3n) is 7.24. The van der Waals surface area contributed by atoms with Gasteiger partial charge >= 0.3 is 12.4 Å². The molecule has 44 heavy (non-hydrogen) atoms. The number of amides is 3. The van der Waals surface area contributed by atoms with Crippen molar-refractivity contribution in [2.45, 2.75) is 49.7 Å². The summed E-state index contributed by atoms with van der Waals surface area (Å²) < 4.78 is 94.2. The zero-order valence-electron chi connectivity index (χ0n) is 22.4. The van der Waals surface area contributed by atoms with Crippen LogP contribution in [0.3, 0.4) is 0 Å². The van der Waals surface area contributed by atoms with E-state index < -0.39 is 82.9 Å². The lowest BCUT2D eigenvalue weighted by atomic mass is 10.0. The van der Waals surface area contributed by atoms with Gasteiger partial charge in [-0.25, -0.2) is 9.37 Å². The number of halogens is 7. The van der Waals surface area contributed by atoms with Gasteiger partial charge in [-0.1, -0.05) is 12.1 Å². The van der Waals surface area contributed by atoms with Gasteiger partial charge in [0.2, 0.25) is 11.8 Å². The van der Waals surface area contributed by atoms with Crippen molar-refractivity contribution in [1.82, 2.24) is 15.6 Å². The fourth-order valence-electron chi connectivity index (χ4n) is 4.83. The summed E-state index contributed by atoms with van der Waals surface area (Å²) in [6.45, 7) is -0.791. The summed E-state index contributed by atoms with van der Waals surface area (Å²) in [7, 11) is 0. The second-order valence-corrected chi connectivity index (χ2v) is 10.4. The maximum atomic E-state index is 13.8. The van der Waals surface area contributed by atoms with Crippen molar-refractivity contribution in [3.05, 3.63) is 94.6 Å². The first-order valence-electron chi connectivity index (χ1n) is 13.0. The standard InChI is InChI=1S/C29H21F7N4O4/c30-18-5-6-20(37-13-18)24(42)39-27(7-8-27)26(44)38-21-12-23(41)19-3-1-2-4-22(19)40(25(21)43)14-15-9-16(28(31,32)33)11-17(10-15)29(34,35)36/h1-6,9-11,13,21H,7-8,12,14H2,(H,38,44)(H,39,42)/t21-/m1/s1. The van der Waals surface area contributed by atoms with E-state index in [2.05, 4.69) is 15.6 Å². The number of ketones is 1. The molecule has 0 saturated heterocycles. The summed E-state index contributed by atoms with van der Waals surface area (Å²) >= 11 is 0. The summed E-state index contributed by atoms with van der Waals surface area (Å²) in [6, 6.07) is 6.96. The number of anilines is 1. The minimum atomic E-state index is -5.13. The molecule has 5 rings (SSSR count). The Hall–Kier alpha value is -4.82. The minimum Gasteiger partial charge on any atom is -0.342 e. The minimum absolute atomic E-state index is 0.0301. The normalized spacial score (nSPS) is 17.9. The van der Waals surface area contributed by atoms with Crippen LogP contribution in [0.25, 0.3) is 0 Å². The van der Waals surface area contributed by atoms with Crippen LogP contribution < -0.4 is 15.5 Å². The summed E-state index contributed by atoms with van der Waals surface area (Å²) in [4.78, 5) is 57.3. The second kappa shape index (κ2) is 11.0. The fraction of sp³-hybridized carbons (Fsp3) is 0.276. The molecule has 0 unspecified atom stereocenters. The molecule has 0 radical (unpaired) electrons. The quantitative estimate of drug-likeness (QED) is 0.384. The monoisotopic (exact) mass is 622 g/mol. The molecule has 15 heteroatoms. The van der Waals surface area contributed by atoms with Gasteiger partial charge in [0.1, 0.15) is 23.1 Å². The Morgan fingerprint density at radius 1 is 0.932 bits per heavy atom. The number of pyridine rings is 1. The summed E-state index contributed by atoms with van der Waals surface area (Å²) in [5.74, 6) is -3.93. The van der Waals surface area contributed by atoms with Crippen LogP contribution in [-0.2, 0) is 28.5 Å². The highest BCUT2D eigenvalue weighted by Crippen LogP contribution is 2.39. The van der Waals surface area contributed by atoms with Crippen LogP contribution in [0.5, 0.6) is 0 Å². The summed E-state index contributed by atoms with van der Waals surface area (Å²) in [5.41, 5.74) is -5.45. The predicted octanol–water partition coefficient (Wildman–Crippen LogP) is 4.83.